The van der Waals surface area contributed by atoms with Crippen molar-refractivity contribution in [3.8, 4) is 0 Å². The molecule has 0 aromatic heterocycles. The van der Waals surface area contributed by atoms with E-state index in [0.717, 1.165) is 16.7 Å². The molecular formula is C22H21N3O7S. The van der Waals surface area contributed by atoms with Gasteiger partial charge in [0.15, 0.2) is 0 Å². The van der Waals surface area contributed by atoms with Gasteiger partial charge in [-0.05, 0) is 29.7 Å². The summed E-state index contributed by atoms with van der Waals surface area (Å²) in [5, 5.41) is 5.31. The molecule has 1 atom stereocenters. The zero-order chi connectivity index (χ0) is 23.8. The zero-order valence-corrected chi connectivity index (χ0v) is 18.5. The molecule has 33 heavy (non-hydrogen) atoms. The van der Waals surface area contributed by atoms with E-state index in [1.54, 1.807) is 30.3 Å². The van der Waals surface area contributed by atoms with E-state index in [9.17, 15) is 27.6 Å². The fraction of sp³-hybridized carbons (Fsp3) is 0.273. The van der Waals surface area contributed by atoms with E-state index in [1.807, 2.05) is 6.07 Å². The molecule has 1 unspecified atom stereocenters. The lowest BCUT2D eigenvalue weighted by atomic mass is 10.0. The molecular weight excluding hydrogens is 450 g/mol. The van der Waals surface area contributed by atoms with Crippen LogP contribution in [0.25, 0.3) is 0 Å². The van der Waals surface area contributed by atoms with Gasteiger partial charge in [-0.15, -0.1) is 0 Å². The van der Waals surface area contributed by atoms with E-state index in [2.05, 4.69) is 10.6 Å². The Labute approximate surface area is 190 Å². The minimum Gasteiger partial charge on any atom is -0.380 e. The van der Waals surface area contributed by atoms with Crippen LogP contribution >= 0.6 is 0 Å². The van der Waals surface area contributed by atoms with Crippen molar-refractivity contribution in [3.05, 3.63) is 64.7 Å². The Morgan fingerprint density at radius 2 is 1.79 bits per heavy atom. The molecule has 2 aromatic rings. The molecule has 1 saturated heterocycles. The van der Waals surface area contributed by atoms with Gasteiger partial charge in [0.05, 0.1) is 24.0 Å². The number of hydrogen-bond acceptors (Lipinski definition) is 8. The second-order valence-corrected chi connectivity index (χ2v) is 9.46. The molecule has 11 heteroatoms. The summed E-state index contributed by atoms with van der Waals surface area (Å²) >= 11 is 0. The van der Waals surface area contributed by atoms with Crippen molar-refractivity contribution < 1.29 is 31.8 Å². The molecule has 4 amide bonds. The Balaban J connectivity index is 1.52. The molecule has 0 bridgehead atoms. The second-order valence-electron chi connectivity index (χ2n) is 7.82. The maximum absolute atomic E-state index is 13.1. The molecule has 2 N–H and O–H groups in total. The molecule has 10 nitrogen and oxygen atoms in total. The first kappa shape index (κ1) is 22.6. The van der Waals surface area contributed by atoms with E-state index in [-0.39, 0.29) is 30.6 Å². The monoisotopic (exact) mass is 471 g/mol. The zero-order valence-electron chi connectivity index (χ0n) is 17.7. The second kappa shape index (κ2) is 8.75. The molecule has 2 aliphatic heterocycles. The van der Waals surface area contributed by atoms with Crippen molar-refractivity contribution in [2.75, 3.05) is 11.6 Å². The highest BCUT2D eigenvalue weighted by atomic mass is 32.2. The smallest absolute Gasteiger partial charge is 0.264 e. The first-order valence-corrected chi connectivity index (χ1v) is 12.0. The molecule has 172 valence electrons. The van der Waals surface area contributed by atoms with Crippen LogP contribution in [0.15, 0.2) is 42.5 Å². The average Bonchev–Trinajstić information content (AvgIpc) is 3.02. The number of amides is 4. The number of nitrogens with one attached hydrogen (secondary N) is 2. The molecule has 2 heterocycles. The van der Waals surface area contributed by atoms with Gasteiger partial charge >= 0.3 is 0 Å². The SMILES string of the molecule is CS(=O)(=O)OCc1cccc(CNc2cccc3c2C(=O)N(C2CCC(=O)NC2=O)C3=O)c1. The third-order valence-corrected chi connectivity index (χ3v) is 5.93. The topological polar surface area (TPSA) is 139 Å². The molecule has 0 spiro atoms. The standard InChI is InChI=1S/C22H21N3O7S/c1-33(30,31)32-12-14-5-2-4-13(10-14)11-23-16-7-3-6-15-19(16)22(29)25(21(15)28)17-8-9-18(26)24-20(17)27/h2-7,10,17,23H,8-9,11-12H2,1H3,(H,24,26,27). The van der Waals surface area contributed by atoms with Crippen LogP contribution in [0, 0.1) is 0 Å². The van der Waals surface area contributed by atoms with Gasteiger partial charge in [-0.25, -0.2) is 0 Å². The Morgan fingerprint density at radius 3 is 2.52 bits per heavy atom. The van der Waals surface area contributed by atoms with Crippen molar-refractivity contribution in [1.82, 2.24) is 10.2 Å². The fourth-order valence-corrected chi connectivity index (χ4v) is 4.21. The van der Waals surface area contributed by atoms with Crippen molar-refractivity contribution >= 4 is 39.4 Å². The number of nitrogens with zero attached hydrogens (tertiary/aromatic N) is 1. The van der Waals surface area contributed by atoms with E-state index in [4.69, 9.17) is 4.18 Å². The summed E-state index contributed by atoms with van der Waals surface area (Å²) in [5.74, 6) is -2.27. The van der Waals surface area contributed by atoms with Crippen molar-refractivity contribution in [3.63, 3.8) is 0 Å². The Morgan fingerprint density at radius 1 is 1.06 bits per heavy atom. The lowest BCUT2D eigenvalue weighted by molar-refractivity contribution is -0.136. The highest BCUT2D eigenvalue weighted by Gasteiger charge is 2.45. The minimum atomic E-state index is -3.57. The van der Waals surface area contributed by atoms with E-state index >= 15 is 0 Å². The van der Waals surface area contributed by atoms with Gasteiger partial charge in [-0.1, -0.05) is 30.3 Å². The quantitative estimate of drug-likeness (QED) is 0.453. The third kappa shape index (κ3) is 4.78. The van der Waals surface area contributed by atoms with Gasteiger partial charge < -0.3 is 5.32 Å². The summed E-state index contributed by atoms with van der Waals surface area (Å²) in [6.45, 7) is 0.199. The van der Waals surface area contributed by atoms with Crippen molar-refractivity contribution in [2.45, 2.75) is 32.0 Å². The number of imide groups is 2. The first-order valence-electron chi connectivity index (χ1n) is 10.1. The summed E-state index contributed by atoms with van der Waals surface area (Å²) in [5.41, 5.74) is 2.25. The van der Waals surface area contributed by atoms with Crippen molar-refractivity contribution in [1.29, 1.82) is 0 Å². The molecule has 2 aromatic carbocycles. The van der Waals surface area contributed by atoms with Gasteiger partial charge in [0.1, 0.15) is 6.04 Å². The number of carbonyl (C=O) groups is 4. The lowest BCUT2D eigenvalue weighted by Gasteiger charge is -2.27. The van der Waals surface area contributed by atoms with Crippen LogP contribution in [0.1, 0.15) is 44.7 Å². The summed E-state index contributed by atoms with van der Waals surface area (Å²) in [6, 6.07) is 10.9. The predicted octanol–water partition coefficient (Wildman–Crippen LogP) is 1.18. The van der Waals surface area contributed by atoms with Gasteiger partial charge in [0, 0.05) is 18.7 Å². The summed E-state index contributed by atoms with van der Waals surface area (Å²) in [4.78, 5) is 50.6. The molecule has 4 rings (SSSR count). The summed E-state index contributed by atoms with van der Waals surface area (Å²) < 4.78 is 27.2. The number of fused-ring (bicyclic) bond motifs is 1. The highest BCUT2D eigenvalue weighted by Crippen LogP contribution is 2.32. The Kier molecular flexibility index (Phi) is 6.00. The normalized spacial score (nSPS) is 18.3. The molecule has 1 fully saturated rings. The summed E-state index contributed by atoms with van der Waals surface area (Å²) in [7, 11) is -3.57. The van der Waals surface area contributed by atoms with Crippen LogP contribution in [0.3, 0.4) is 0 Å². The fourth-order valence-electron chi connectivity index (χ4n) is 3.86. The first-order chi connectivity index (χ1) is 15.6. The number of carbonyl (C=O) groups excluding carboxylic acids is 4. The number of piperidine rings is 1. The van der Waals surface area contributed by atoms with E-state index < -0.39 is 39.8 Å². The average molecular weight is 471 g/mol. The third-order valence-electron chi connectivity index (χ3n) is 5.38. The van der Waals surface area contributed by atoms with Gasteiger partial charge in [-0.3, -0.25) is 33.6 Å². The molecule has 2 aliphatic rings. The van der Waals surface area contributed by atoms with Gasteiger partial charge in [0.2, 0.25) is 11.8 Å². The van der Waals surface area contributed by atoms with Crippen LogP contribution in [0.4, 0.5) is 5.69 Å². The van der Waals surface area contributed by atoms with Crippen LogP contribution < -0.4 is 10.6 Å². The Hall–Kier alpha value is -3.57. The van der Waals surface area contributed by atoms with Crippen LogP contribution in [0.2, 0.25) is 0 Å². The molecule has 0 aliphatic carbocycles. The number of benzene rings is 2. The van der Waals surface area contributed by atoms with Crippen LogP contribution in [0.5, 0.6) is 0 Å². The number of anilines is 1. The van der Waals surface area contributed by atoms with Gasteiger partial charge in [0.25, 0.3) is 21.9 Å². The summed E-state index contributed by atoms with van der Waals surface area (Å²) in [6.07, 6.45) is 1.11. The number of hydrogen-bond donors (Lipinski definition) is 2. The van der Waals surface area contributed by atoms with E-state index in [1.165, 1.54) is 6.07 Å². The van der Waals surface area contributed by atoms with E-state index in [0.29, 0.717) is 17.8 Å². The molecule has 0 saturated carbocycles. The Bertz CT molecular complexity index is 1270. The lowest BCUT2D eigenvalue weighted by Crippen LogP contribution is -2.54. The number of rotatable bonds is 7. The molecule has 0 radical (unpaired) electrons. The largest absolute Gasteiger partial charge is 0.380 e. The van der Waals surface area contributed by atoms with Crippen LogP contribution in [-0.4, -0.2) is 49.2 Å². The maximum atomic E-state index is 13.1. The highest BCUT2D eigenvalue weighted by molar-refractivity contribution is 7.85. The van der Waals surface area contributed by atoms with Crippen LogP contribution in [-0.2, 0) is 37.0 Å². The maximum Gasteiger partial charge on any atom is 0.264 e. The van der Waals surface area contributed by atoms with Gasteiger partial charge in [-0.2, -0.15) is 8.42 Å². The predicted molar refractivity (Wildman–Crippen MR) is 117 cm³/mol. The minimum absolute atomic E-state index is 0.0499. The van der Waals surface area contributed by atoms with Crippen molar-refractivity contribution in [2.24, 2.45) is 0 Å².